The van der Waals surface area contributed by atoms with Gasteiger partial charge in [0.15, 0.2) is 5.50 Å². The number of hydrogen-bond acceptors (Lipinski definition) is 4. The van der Waals surface area contributed by atoms with Gasteiger partial charge in [-0.25, -0.2) is 0 Å². The highest BCUT2D eigenvalue weighted by molar-refractivity contribution is 8.05. The number of aryl methyl sites for hydroxylation is 1. The summed E-state index contributed by atoms with van der Waals surface area (Å²) in [5.41, 5.74) is 2.82. The molecule has 3 rings (SSSR count). The third-order valence-electron chi connectivity index (χ3n) is 3.87. The van der Waals surface area contributed by atoms with E-state index in [1.165, 1.54) is 17.3 Å². The first-order valence-electron chi connectivity index (χ1n) is 7.97. The number of ether oxygens (including phenoxy) is 1. The number of amides is 1. The van der Waals surface area contributed by atoms with Crippen LogP contribution in [-0.2, 0) is 11.2 Å². The molecule has 0 saturated carbocycles. The van der Waals surface area contributed by atoms with Crippen molar-refractivity contribution < 1.29 is 9.53 Å². The molecule has 1 fully saturated rings. The Bertz CT molecular complexity index is 806. The van der Waals surface area contributed by atoms with Crippen LogP contribution in [0.4, 0.5) is 5.69 Å². The van der Waals surface area contributed by atoms with E-state index >= 15 is 0 Å². The Labute approximate surface area is 156 Å². The van der Waals surface area contributed by atoms with Crippen molar-refractivity contribution in [1.82, 2.24) is 5.32 Å². The van der Waals surface area contributed by atoms with Crippen LogP contribution in [0.25, 0.3) is 6.08 Å². The largest absolute Gasteiger partial charge is 0.496 e. The van der Waals surface area contributed by atoms with Gasteiger partial charge in [0, 0.05) is 16.3 Å². The van der Waals surface area contributed by atoms with Crippen molar-refractivity contribution in [2.45, 2.75) is 18.8 Å². The lowest BCUT2D eigenvalue weighted by Gasteiger charge is -2.13. The molecule has 1 atom stereocenters. The molecule has 0 aromatic heterocycles. The van der Waals surface area contributed by atoms with Crippen LogP contribution >= 0.6 is 23.4 Å². The molecular formula is C19H19ClN2O2S. The Morgan fingerprint density at radius 1 is 1.28 bits per heavy atom. The summed E-state index contributed by atoms with van der Waals surface area (Å²) in [6.45, 7) is 2.12. The van der Waals surface area contributed by atoms with E-state index in [0.29, 0.717) is 15.7 Å². The molecule has 4 nitrogen and oxygen atoms in total. The zero-order chi connectivity index (χ0) is 17.8. The van der Waals surface area contributed by atoms with E-state index in [1.807, 2.05) is 12.1 Å². The first-order valence-corrected chi connectivity index (χ1v) is 9.23. The van der Waals surface area contributed by atoms with Crippen LogP contribution in [0.15, 0.2) is 47.4 Å². The highest BCUT2D eigenvalue weighted by Gasteiger charge is 2.27. The Balaban J connectivity index is 1.74. The molecule has 0 radical (unpaired) electrons. The van der Waals surface area contributed by atoms with Crippen molar-refractivity contribution in [2.75, 3.05) is 12.4 Å². The molecule has 2 aromatic rings. The lowest BCUT2D eigenvalue weighted by Crippen LogP contribution is -2.30. The molecular weight excluding hydrogens is 356 g/mol. The molecule has 1 aliphatic rings. The van der Waals surface area contributed by atoms with Gasteiger partial charge >= 0.3 is 0 Å². The molecule has 1 amide bonds. The van der Waals surface area contributed by atoms with Crippen molar-refractivity contribution in [2.24, 2.45) is 0 Å². The standard InChI is InChI=1S/C19H19ClN2O2S/c1-3-12-4-7-15(8-5-12)21-19-22-18(23)17(25-19)11-13-10-14(20)6-9-16(13)24-2/h4-11,19,21H,3H2,1-2H3,(H,22,23)/b17-11-/t19-/m0/s1. The molecule has 0 spiro atoms. The van der Waals surface area contributed by atoms with Crippen LogP contribution in [0.1, 0.15) is 18.1 Å². The SMILES string of the molecule is CCc1ccc(N[C@H]2NC(=O)/C(=C/c3cc(Cl)ccc3OC)S2)cc1. The summed E-state index contributed by atoms with van der Waals surface area (Å²) in [5.74, 6) is 0.562. The number of anilines is 1. The summed E-state index contributed by atoms with van der Waals surface area (Å²) in [7, 11) is 1.59. The smallest absolute Gasteiger partial charge is 0.260 e. The monoisotopic (exact) mass is 374 g/mol. The Morgan fingerprint density at radius 3 is 2.72 bits per heavy atom. The Morgan fingerprint density at radius 2 is 2.04 bits per heavy atom. The summed E-state index contributed by atoms with van der Waals surface area (Å²) < 4.78 is 5.33. The number of carbonyl (C=O) groups excluding carboxylic acids is 1. The van der Waals surface area contributed by atoms with Crippen LogP contribution in [0.2, 0.25) is 5.02 Å². The minimum Gasteiger partial charge on any atom is -0.496 e. The summed E-state index contributed by atoms with van der Waals surface area (Å²) in [6, 6.07) is 13.5. The van der Waals surface area contributed by atoms with Gasteiger partial charge < -0.3 is 15.4 Å². The van der Waals surface area contributed by atoms with E-state index in [9.17, 15) is 4.79 Å². The van der Waals surface area contributed by atoms with Crippen LogP contribution < -0.4 is 15.4 Å². The van der Waals surface area contributed by atoms with Gasteiger partial charge in [-0.3, -0.25) is 4.79 Å². The molecule has 1 saturated heterocycles. The molecule has 0 aliphatic carbocycles. The Hall–Kier alpha value is -2.11. The number of halogens is 1. The van der Waals surface area contributed by atoms with Crippen molar-refractivity contribution in [3.63, 3.8) is 0 Å². The average Bonchev–Trinajstić information content (AvgIpc) is 2.95. The van der Waals surface area contributed by atoms with E-state index < -0.39 is 0 Å². The van der Waals surface area contributed by atoms with Gasteiger partial charge in [-0.2, -0.15) is 0 Å². The number of nitrogens with one attached hydrogen (secondary N) is 2. The third kappa shape index (κ3) is 4.30. The quantitative estimate of drug-likeness (QED) is 0.756. The number of methoxy groups -OCH3 is 1. The second kappa shape index (κ2) is 7.85. The van der Waals surface area contributed by atoms with E-state index in [1.54, 1.807) is 31.4 Å². The molecule has 6 heteroatoms. The normalized spacial score (nSPS) is 18.3. The average molecular weight is 375 g/mol. The summed E-state index contributed by atoms with van der Waals surface area (Å²) in [5, 5.41) is 6.83. The molecule has 0 bridgehead atoms. The minimum absolute atomic E-state index is 0.116. The van der Waals surface area contributed by atoms with E-state index in [2.05, 4.69) is 29.7 Å². The molecule has 2 N–H and O–H groups in total. The molecule has 0 unspecified atom stereocenters. The second-order valence-electron chi connectivity index (χ2n) is 5.56. The first-order chi connectivity index (χ1) is 12.1. The second-order valence-corrected chi connectivity index (χ2v) is 7.14. The van der Waals surface area contributed by atoms with Gasteiger partial charge in [-0.1, -0.05) is 42.4 Å². The molecule has 2 aromatic carbocycles. The summed E-state index contributed by atoms with van der Waals surface area (Å²) in [6.07, 6.45) is 2.80. The first kappa shape index (κ1) is 17.7. The molecule has 25 heavy (non-hydrogen) atoms. The summed E-state index contributed by atoms with van der Waals surface area (Å²) in [4.78, 5) is 12.9. The van der Waals surface area contributed by atoms with Crippen molar-refractivity contribution in [1.29, 1.82) is 0 Å². The van der Waals surface area contributed by atoms with Gasteiger partial charge in [0.05, 0.1) is 12.0 Å². The maximum absolute atomic E-state index is 12.3. The highest BCUT2D eigenvalue weighted by Crippen LogP contribution is 2.33. The summed E-state index contributed by atoms with van der Waals surface area (Å²) >= 11 is 7.49. The van der Waals surface area contributed by atoms with Crippen molar-refractivity contribution in [3.8, 4) is 5.75 Å². The number of benzene rings is 2. The van der Waals surface area contributed by atoms with Gasteiger partial charge in [-0.15, -0.1) is 0 Å². The number of thioether (sulfide) groups is 1. The van der Waals surface area contributed by atoms with Crippen LogP contribution in [-0.4, -0.2) is 18.5 Å². The highest BCUT2D eigenvalue weighted by atomic mass is 35.5. The lowest BCUT2D eigenvalue weighted by molar-refractivity contribution is -0.116. The number of hydrogen-bond donors (Lipinski definition) is 2. The fourth-order valence-corrected chi connectivity index (χ4v) is 3.67. The maximum atomic E-state index is 12.3. The number of carbonyl (C=O) groups is 1. The van der Waals surface area contributed by atoms with Crippen molar-refractivity contribution >= 4 is 41.0 Å². The van der Waals surface area contributed by atoms with Crippen molar-refractivity contribution in [3.05, 3.63) is 63.5 Å². The lowest BCUT2D eigenvalue weighted by atomic mass is 10.1. The zero-order valence-electron chi connectivity index (χ0n) is 14.0. The Kier molecular flexibility index (Phi) is 5.56. The molecule has 1 heterocycles. The maximum Gasteiger partial charge on any atom is 0.260 e. The fraction of sp³-hybridized carbons (Fsp3) is 0.211. The predicted octanol–water partition coefficient (Wildman–Crippen LogP) is 4.51. The third-order valence-corrected chi connectivity index (χ3v) is 5.13. The minimum atomic E-state index is -0.212. The van der Waals surface area contributed by atoms with Crippen LogP contribution in [0.5, 0.6) is 5.75 Å². The van der Waals surface area contributed by atoms with Gasteiger partial charge in [0.2, 0.25) is 0 Å². The zero-order valence-corrected chi connectivity index (χ0v) is 15.6. The van der Waals surface area contributed by atoms with E-state index in [4.69, 9.17) is 16.3 Å². The predicted molar refractivity (Wildman–Crippen MR) is 105 cm³/mol. The van der Waals surface area contributed by atoms with Gasteiger partial charge in [-0.05, 0) is 48.4 Å². The topological polar surface area (TPSA) is 50.4 Å². The molecule has 1 aliphatic heterocycles. The van der Waals surface area contributed by atoms with Crippen LogP contribution in [0.3, 0.4) is 0 Å². The molecule has 130 valence electrons. The van der Waals surface area contributed by atoms with Gasteiger partial charge in [0.1, 0.15) is 5.75 Å². The van der Waals surface area contributed by atoms with E-state index in [0.717, 1.165) is 17.7 Å². The van der Waals surface area contributed by atoms with E-state index in [-0.39, 0.29) is 11.4 Å². The van der Waals surface area contributed by atoms with Crippen LogP contribution in [0, 0.1) is 0 Å². The van der Waals surface area contributed by atoms with Gasteiger partial charge in [0.25, 0.3) is 5.91 Å². The number of rotatable bonds is 5. The fourth-order valence-electron chi connectivity index (χ4n) is 2.51.